The van der Waals surface area contributed by atoms with Crippen molar-refractivity contribution in [3.05, 3.63) is 36.1 Å². The van der Waals surface area contributed by atoms with E-state index in [2.05, 4.69) is 17.0 Å². The maximum atomic E-state index is 5.86. The quantitative estimate of drug-likeness (QED) is 0.940. The molecule has 0 spiro atoms. The van der Waals surface area contributed by atoms with Crippen molar-refractivity contribution in [3.8, 4) is 0 Å². The molecule has 0 saturated carbocycles. The van der Waals surface area contributed by atoms with Gasteiger partial charge in [-0.1, -0.05) is 18.2 Å². The number of piperidine rings is 1. The first-order valence-corrected chi connectivity index (χ1v) is 6.75. The van der Waals surface area contributed by atoms with Crippen LogP contribution in [0.15, 0.2) is 34.7 Å². The minimum absolute atomic E-state index is 0. The SMILES string of the molecule is Cl.NCC1CCN(Cc2cc3ccccc3o2)CC1. The molecule has 4 heteroatoms. The minimum Gasteiger partial charge on any atom is -0.460 e. The van der Waals surface area contributed by atoms with Crippen LogP contribution >= 0.6 is 12.4 Å². The molecule has 2 heterocycles. The highest BCUT2D eigenvalue weighted by Crippen LogP contribution is 2.22. The molecule has 2 N–H and O–H groups in total. The van der Waals surface area contributed by atoms with Gasteiger partial charge in [-0.15, -0.1) is 12.4 Å². The second-order valence-electron chi connectivity index (χ2n) is 5.21. The Labute approximate surface area is 120 Å². The van der Waals surface area contributed by atoms with E-state index in [9.17, 15) is 0 Å². The first-order chi connectivity index (χ1) is 8.85. The summed E-state index contributed by atoms with van der Waals surface area (Å²) in [5.41, 5.74) is 6.71. The molecule has 104 valence electrons. The third kappa shape index (κ3) is 3.30. The van der Waals surface area contributed by atoms with Crippen molar-refractivity contribution >= 4 is 23.4 Å². The molecule has 1 aromatic carbocycles. The molecule has 0 radical (unpaired) electrons. The summed E-state index contributed by atoms with van der Waals surface area (Å²) in [6, 6.07) is 10.4. The van der Waals surface area contributed by atoms with Crippen LogP contribution in [0.3, 0.4) is 0 Å². The summed E-state index contributed by atoms with van der Waals surface area (Å²) >= 11 is 0. The number of nitrogens with two attached hydrogens (primary N) is 1. The molecular weight excluding hydrogens is 260 g/mol. The monoisotopic (exact) mass is 280 g/mol. The van der Waals surface area contributed by atoms with Crippen LogP contribution in [0.25, 0.3) is 11.0 Å². The maximum Gasteiger partial charge on any atom is 0.134 e. The highest BCUT2D eigenvalue weighted by Gasteiger charge is 2.18. The predicted molar refractivity (Wildman–Crippen MR) is 80.5 cm³/mol. The normalized spacial score (nSPS) is 17.5. The van der Waals surface area contributed by atoms with E-state index in [1.54, 1.807) is 0 Å². The van der Waals surface area contributed by atoms with Crippen LogP contribution in [0.4, 0.5) is 0 Å². The van der Waals surface area contributed by atoms with Gasteiger partial charge in [0.1, 0.15) is 11.3 Å². The van der Waals surface area contributed by atoms with Crippen molar-refractivity contribution in [1.29, 1.82) is 0 Å². The molecule has 0 unspecified atom stereocenters. The van der Waals surface area contributed by atoms with E-state index >= 15 is 0 Å². The highest BCUT2D eigenvalue weighted by molar-refractivity contribution is 5.85. The zero-order chi connectivity index (χ0) is 12.4. The molecule has 3 nitrogen and oxygen atoms in total. The summed E-state index contributed by atoms with van der Waals surface area (Å²) in [4.78, 5) is 2.46. The lowest BCUT2D eigenvalue weighted by Crippen LogP contribution is -2.35. The van der Waals surface area contributed by atoms with Gasteiger partial charge in [-0.05, 0) is 50.5 Å². The summed E-state index contributed by atoms with van der Waals surface area (Å²) in [6.07, 6.45) is 2.44. The van der Waals surface area contributed by atoms with E-state index in [-0.39, 0.29) is 12.4 Å². The number of para-hydroxylation sites is 1. The topological polar surface area (TPSA) is 42.4 Å². The summed E-state index contributed by atoms with van der Waals surface area (Å²) < 4.78 is 5.86. The van der Waals surface area contributed by atoms with Crippen LogP contribution in [0, 0.1) is 5.92 Å². The molecule has 1 aliphatic rings. The van der Waals surface area contributed by atoms with Crippen LogP contribution in [-0.2, 0) is 6.54 Å². The third-order valence-corrected chi connectivity index (χ3v) is 3.90. The Kier molecular flexibility index (Phi) is 4.86. The Bertz CT molecular complexity index is 485. The molecule has 2 aromatic rings. The molecule has 1 aliphatic heterocycles. The van der Waals surface area contributed by atoms with Crippen molar-refractivity contribution in [3.63, 3.8) is 0 Å². The number of fused-ring (bicyclic) bond motifs is 1. The zero-order valence-electron chi connectivity index (χ0n) is 11.0. The Balaban J connectivity index is 0.00000133. The molecule has 0 aliphatic carbocycles. The number of rotatable bonds is 3. The van der Waals surface area contributed by atoms with Crippen molar-refractivity contribution in [2.45, 2.75) is 19.4 Å². The van der Waals surface area contributed by atoms with Crippen molar-refractivity contribution in [2.24, 2.45) is 11.7 Å². The summed E-state index contributed by atoms with van der Waals surface area (Å²) in [5, 5.41) is 1.20. The van der Waals surface area contributed by atoms with Crippen molar-refractivity contribution < 1.29 is 4.42 Å². The van der Waals surface area contributed by atoms with Crippen molar-refractivity contribution in [2.75, 3.05) is 19.6 Å². The fraction of sp³-hybridized carbons (Fsp3) is 0.467. The molecular formula is C15H21ClN2O. The van der Waals surface area contributed by atoms with Gasteiger partial charge in [0.15, 0.2) is 0 Å². The molecule has 1 saturated heterocycles. The van der Waals surface area contributed by atoms with Gasteiger partial charge in [-0.3, -0.25) is 4.90 Å². The number of halogens is 1. The van der Waals surface area contributed by atoms with Gasteiger partial charge in [0.25, 0.3) is 0 Å². The van der Waals surface area contributed by atoms with Crippen molar-refractivity contribution in [1.82, 2.24) is 4.90 Å². The van der Waals surface area contributed by atoms with Gasteiger partial charge in [-0.25, -0.2) is 0 Å². The minimum atomic E-state index is 0. The average molecular weight is 281 g/mol. The largest absolute Gasteiger partial charge is 0.460 e. The van der Waals surface area contributed by atoms with E-state index in [1.165, 1.54) is 18.2 Å². The maximum absolute atomic E-state index is 5.86. The van der Waals surface area contributed by atoms with E-state index in [1.807, 2.05) is 18.2 Å². The Morgan fingerprint density at radius 3 is 2.63 bits per heavy atom. The molecule has 19 heavy (non-hydrogen) atoms. The third-order valence-electron chi connectivity index (χ3n) is 3.90. The summed E-state index contributed by atoms with van der Waals surface area (Å²) in [5.74, 6) is 1.79. The van der Waals surface area contributed by atoms with Gasteiger partial charge in [0.2, 0.25) is 0 Å². The second kappa shape index (κ2) is 6.42. The second-order valence-corrected chi connectivity index (χ2v) is 5.21. The molecule has 0 bridgehead atoms. The number of benzene rings is 1. The number of hydrogen-bond donors (Lipinski definition) is 1. The lowest BCUT2D eigenvalue weighted by Gasteiger charge is -2.30. The number of hydrogen-bond acceptors (Lipinski definition) is 3. The number of furan rings is 1. The van der Waals surface area contributed by atoms with Gasteiger partial charge < -0.3 is 10.2 Å². The Morgan fingerprint density at radius 2 is 1.95 bits per heavy atom. The standard InChI is InChI=1S/C15H20N2O.ClH/c16-10-12-5-7-17(8-6-12)11-14-9-13-3-1-2-4-15(13)18-14;/h1-4,9,12H,5-8,10-11,16H2;1H. The first kappa shape index (κ1) is 14.4. The Morgan fingerprint density at radius 1 is 1.21 bits per heavy atom. The van der Waals surface area contributed by atoms with Crippen LogP contribution in [0.5, 0.6) is 0 Å². The average Bonchev–Trinajstić information content (AvgIpc) is 2.82. The fourth-order valence-electron chi connectivity index (χ4n) is 2.72. The van der Waals surface area contributed by atoms with E-state index < -0.39 is 0 Å². The molecule has 1 aromatic heterocycles. The lowest BCUT2D eigenvalue weighted by atomic mass is 9.97. The molecule has 0 amide bonds. The molecule has 0 atom stereocenters. The Hall–Kier alpha value is -1.03. The molecule has 1 fully saturated rings. The van der Waals surface area contributed by atoms with E-state index in [4.69, 9.17) is 10.2 Å². The summed E-state index contributed by atoms with van der Waals surface area (Å²) in [6.45, 7) is 4.03. The number of likely N-dealkylation sites (tertiary alicyclic amines) is 1. The van der Waals surface area contributed by atoms with Gasteiger partial charge in [-0.2, -0.15) is 0 Å². The number of nitrogens with zero attached hydrogens (tertiary/aromatic N) is 1. The lowest BCUT2D eigenvalue weighted by molar-refractivity contribution is 0.170. The van der Waals surface area contributed by atoms with Crippen LogP contribution < -0.4 is 5.73 Å². The predicted octanol–water partition coefficient (Wildman–Crippen LogP) is 3.03. The molecule has 3 rings (SSSR count). The zero-order valence-corrected chi connectivity index (χ0v) is 11.9. The first-order valence-electron chi connectivity index (χ1n) is 6.75. The highest BCUT2D eigenvalue weighted by atomic mass is 35.5. The summed E-state index contributed by atoms with van der Waals surface area (Å²) in [7, 11) is 0. The van der Waals surface area contributed by atoms with Crippen LogP contribution in [-0.4, -0.2) is 24.5 Å². The van der Waals surface area contributed by atoms with Crippen LogP contribution in [0.2, 0.25) is 0 Å². The van der Waals surface area contributed by atoms with Gasteiger partial charge in [0, 0.05) is 5.39 Å². The van der Waals surface area contributed by atoms with E-state index in [0.29, 0.717) is 0 Å². The van der Waals surface area contributed by atoms with Crippen LogP contribution in [0.1, 0.15) is 18.6 Å². The van der Waals surface area contributed by atoms with Gasteiger partial charge >= 0.3 is 0 Å². The fourth-order valence-corrected chi connectivity index (χ4v) is 2.72. The van der Waals surface area contributed by atoms with E-state index in [0.717, 1.165) is 43.4 Å². The smallest absolute Gasteiger partial charge is 0.134 e. The van der Waals surface area contributed by atoms with Gasteiger partial charge in [0.05, 0.1) is 6.54 Å².